The van der Waals surface area contributed by atoms with Gasteiger partial charge in [0.05, 0.1) is 19.1 Å². The lowest BCUT2D eigenvalue weighted by atomic mass is 10.1. The molecule has 0 bridgehead atoms. The number of amides is 1. The number of hydrogen-bond acceptors (Lipinski definition) is 4. The largest absolute Gasteiger partial charge is 0.496 e. The van der Waals surface area contributed by atoms with Crippen LogP contribution in [0, 0.1) is 0 Å². The summed E-state index contributed by atoms with van der Waals surface area (Å²) in [5, 5.41) is 0. The zero-order valence-corrected chi connectivity index (χ0v) is 16.2. The Hall–Kier alpha value is -2.64. The molecule has 5 nitrogen and oxygen atoms in total. The summed E-state index contributed by atoms with van der Waals surface area (Å²) in [4.78, 5) is 22.4. The number of pyridine rings is 2. The molecule has 2 aromatic heterocycles. The Balaban J connectivity index is 2.10. The quantitative estimate of drug-likeness (QED) is 0.680. The Morgan fingerprint density at radius 1 is 1.25 bits per heavy atom. The van der Waals surface area contributed by atoms with Gasteiger partial charge < -0.3 is 9.64 Å². The molecule has 0 fully saturated rings. The molecule has 1 atom stereocenters. The van der Waals surface area contributed by atoms with Gasteiger partial charge in [-0.1, -0.05) is 6.92 Å². The second-order valence-electron chi connectivity index (χ2n) is 6.54. The highest BCUT2D eigenvalue weighted by Gasteiger charge is 2.31. The fourth-order valence-electron chi connectivity index (χ4n) is 2.98. The minimum atomic E-state index is -4.44. The predicted octanol–water partition coefficient (Wildman–Crippen LogP) is 3.92. The highest BCUT2D eigenvalue weighted by molar-refractivity contribution is 5.78. The van der Waals surface area contributed by atoms with Gasteiger partial charge in [0.2, 0.25) is 5.91 Å². The molecular formula is C20H24F3N3O2. The number of halogens is 3. The Labute approximate surface area is 162 Å². The Morgan fingerprint density at radius 3 is 2.57 bits per heavy atom. The molecule has 152 valence electrons. The minimum absolute atomic E-state index is 0.0490. The Bertz CT molecular complexity index is 779. The van der Waals surface area contributed by atoms with Crippen molar-refractivity contribution >= 4 is 5.91 Å². The molecule has 0 N–H and O–H groups in total. The van der Waals surface area contributed by atoms with Gasteiger partial charge in [0.15, 0.2) is 0 Å². The van der Waals surface area contributed by atoms with Crippen LogP contribution in [0.2, 0.25) is 0 Å². The van der Waals surface area contributed by atoms with Crippen LogP contribution in [0.25, 0.3) is 0 Å². The van der Waals surface area contributed by atoms with Crippen LogP contribution in [0.4, 0.5) is 13.2 Å². The van der Waals surface area contributed by atoms with Crippen molar-refractivity contribution in [3.05, 3.63) is 53.6 Å². The molecule has 0 aliphatic rings. The molecule has 2 heterocycles. The molecule has 28 heavy (non-hydrogen) atoms. The standard InChI is InChI=1S/C20H24F3N3O2/c1-4-9-26(14(2)10-15-12-24-8-7-18(15)28-3)19(27)11-17-6-5-16(13-25-17)20(21,22)23/h5-8,12-14H,4,9-11H2,1-3H3. The zero-order valence-electron chi connectivity index (χ0n) is 16.2. The molecule has 0 saturated heterocycles. The molecule has 2 aromatic rings. The molecule has 0 radical (unpaired) electrons. The lowest BCUT2D eigenvalue weighted by Gasteiger charge is -2.29. The normalized spacial score (nSPS) is 12.5. The van der Waals surface area contributed by atoms with Gasteiger partial charge in [-0.3, -0.25) is 14.8 Å². The lowest BCUT2D eigenvalue weighted by molar-refractivity contribution is -0.137. The second-order valence-corrected chi connectivity index (χ2v) is 6.54. The molecule has 0 aliphatic carbocycles. The number of ether oxygens (including phenoxy) is 1. The van der Waals surface area contributed by atoms with E-state index in [0.717, 1.165) is 24.2 Å². The average molecular weight is 395 g/mol. The topological polar surface area (TPSA) is 55.3 Å². The maximum atomic E-state index is 12.8. The average Bonchev–Trinajstić information content (AvgIpc) is 2.66. The van der Waals surface area contributed by atoms with E-state index in [-0.39, 0.29) is 18.4 Å². The zero-order chi connectivity index (χ0) is 20.7. The summed E-state index contributed by atoms with van der Waals surface area (Å²) in [6, 6.07) is 3.84. The number of alkyl halides is 3. The SMILES string of the molecule is CCCN(C(=O)Cc1ccc(C(F)(F)F)cn1)C(C)Cc1cnccc1OC. The third-order valence-electron chi connectivity index (χ3n) is 4.40. The molecule has 0 aliphatic heterocycles. The Kier molecular flexibility index (Phi) is 7.37. The first-order chi connectivity index (χ1) is 13.3. The molecular weight excluding hydrogens is 371 g/mol. The van der Waals surface area contributed by atoms with Gasteiger partial charge in [-0.15, -0.1) is 0 Å². The van der Waals surface area contributed by atoms with E-state index in [1.54, 1.807) is 30.5 Å². The van der Waals surface area contributed by atoms with Crippen molar-refractivity contribution in [1.82, 2.24) is 14.9 Å². The van der Waals surface area contributed by atoms with Crippen LogP contribution in [-0.4, -0.2) is 40.5 Å². The molecule has 2 rings (SSSR count). The van der Waals surface area contributed by atoms with Gasteiger partial charge >= 0.3 is 6.18 Å². The van der Waals surface area contributed by atoms with E-state index in [1.807, 2.05) is 13.8 Å². The fraction of sp³-hybridized carbons (Fsp3) is 0.450. The van der Waals surface area contributed by atoms with Crippen LogP contribution in [0.3, 0.4) is 0 Å². The summed E-state index contributed by atoms with van der Waals surface area (Å²) in [7, 11) is 1.58. The van der Waals surface area contributed by atoms with Crippen LogP contribution in [0.1, 0.15) is 37.1 Å². The van der Waals surface area contributed by atoms with Crippen LogP contribution in [0.15, 0.2) is 36.8 Å². The maximum absolute atomic E-state index is 12.8. The third-order valence-corrected chi connectivity index (χ3v) is 4.40. The van der Waals surface area contributed by atoms with Crippen molar-refractivity contribution in [2.24, 2.45) is 0 Å². The summed E-state index contributed by atoms with van der Waals surface area (Å²) in [6.07, 6.45) is 0.938. The number of carbonyl (C=O) groups is 1. The van der Waals surface area contributed by atoms with Gasteiger partial charge in [0.25, 0.3) is 0 Å². The van der Waals surface area contributed by atoms with Crippen LogP contribution >= 0.6 is 0 Å². The first-order valence-electron chi connectivity index (χ1n) is 9.04. The van der Waals surface area contributed by atoms with E-state index < -0.39 is 11.7 Å². The summed E-state index contributed by atoms with van der Waals surface area (Å²) < 4.78 is 43.3. The second kappa shape index (κ2) is 9.52. The van der Waals surface area contributed by atoms with Crippen molar-refractivity contribution in [2.45, 2.75) is 45.3 Å². The number of methoxy groups -OCH3 is 1. The van der Waals surface area contributed by atoms with Crippen LogP contribution in [-0.2, 0) is 23.8 Å². The predicted molar refractivity (Wildman–Crippen MR) is 98.9 cm³/mol. The van der Waals surface area contributed by atoms with Crippen molar-refractivity contribution in [3.63, 3.8) is 0 Å². The maximum Gasteiger partial charge on any atom is 0.417 e. The van der Waals surface area contributed by atoms with E-state index in [1.165, 1.54) is 6.07 Å². The van der Waals surface area contributed by atoms with Gasteiger partial charge in [-0.05, 0) is 38.0 Å². The highest BCUT2D eigenvalue weighted by atomic mass is 19.4. The molecule has 0 spiro atoms. The molecule has 0 aromatic carbocycles. The number of hydrogen-bond donors (Lipinski definition) is 0. The van der Waals surface area contributed by atoms with E-state index >= 15 is 0 Å². The minimum Gasteiger partial charge on any atom is -0.496 e. The summed E-state index contributed by atoms with van der Waals surface area (Å²) in [5.41, 5.74) is 0.371. The monoisotopic (exact) mass is 395 g/mol. The number of aromatic nitrogens is 2. The van der Waals surface area contributed by atoms with Crippen LogP contribution in [0.5, 0.6) is 5.75 Å². The Morgan fingerprint density at radius 2 is 2.00 bits per heavy atom. The summed E-state index contributed by atoms with van der Waals surface area (Å²) in [5.74, 6) is 0.527. The highest BCUT2D eigenvalue weighted by Crippen LogP contribution is 2.28. The van der Waals surface area contributed by atoms with Crippen molar-refractivity contribution in [1.29, 1.82) is 0 Å². The van der Waals surface area contributed by atoms with Crippen molar-refractivity contribution in [3.8, 4) is 5.75 Å². The third kappa shape index (κ3) is 5.68. The smallest absolute Gasteiger partial charge is 0.417 e. The first kappa shape index (κ1) is 21.7. The molecule has 0 saturated carbocycles. The van der Waals surface area contributed by atoms with E-state index in [0.29, 0.717) is 24.4 Å². The van der Waals surface area contributed by atoms with Gasteiger partial charge in [0.1, 0.15) is 5.75 Å². The summed E-state index contributed by atoms with van der Waals surface area (Å²) >= 11 is 0. The van der Waals surface area contributed by atoms with Crippen molar-refractivity contribution < 1.29 is 22.7 Å². The number of rotatable bonds is 8. The molecule has 1 unspecified atom stereocenters. The van der Waals surface area contributed by atoms with Gasteiger partial charge in [-0.25, -0.2) is 0 Å². The van der Waals surface area contributed by atoms with Gasteiger partial charge in [-0.2, -0.15) is 13.2 Å². The van der Waals surface area contributed by atoms with Crippen LogP contribution < -0.4 is 4.74 Å². The lowest BCUT2D eigenvalue weighted by Crippen LogP contribution is -2.41. The van der Waals surface area contributed by atoms with Gasteiger partial charge in [0, 0.05) is 42.4 Å². The molecule has 8 heteroatoms. The molecule has 1 amide bonds. The van der Waals surface area contributed by atoms with E-state index in [2.05, 4.69) is 9.97 Å². The summed E-state index contributed by atoms with van der Waals surface area (Å²) in [6.45, 7) is 4.44. The number of carbonyl (C=O) groups excluding carboxylic acids is 1. The first-order valence-corrected chi connectivity index (χ1v) is 9.04. The van der Waals surface area contributed by atoms with Crippen molar-refractivity contribution in [2.75, 3.05) is 13.7 Å². The van der Waals surface area contributed by atoms with E-state index in [4.69, 9.17) is 4.74 Å². The fourth-order valence-corrected chi connectivity index (χ4v) is 2.98. The number of nitrogens with zero attached hydrogens (tertiary/aromatic N) is 3. The van der Waals surface area contributed by atoms with E-state index in [9.17, 15) is 18.0 Å².